The molecule has 12 nitrogen and oxygen atoms in total. The lowest BCUT2D eigenvalue weighted by molar-refractivity contribution is -0.147. The van der Waals surface area contributed by atoms with Crippen molar-refractivity contribution >= 4 is 27.5 Å². The maximum Gasteiger partial charge on any atom is 0.452 e. The topological polar surface area (TPSA) is 158 Å². The number of carboxylic acid groups (broad SMARTS) is 1. The van der Waals surface area contributed by atoms with Gasteiger partial charge in [0.15, 0.2) is 5.65 Å². The molecule has 0 bridgehead atoms. The Balaban J connectivity index is 1.46. The molecule has 4 aromatic rings. The lowest BCUT2D eigenvalue weighted by atomic mass is 9.70. The number of nitrogens with zero attached hydrogens (tertiary/aromatic N) is 8. The van der Waals surface area contributed by atoms with Crippen LogP contribution in [0.5, 0.6) is 0 Å². The summed E-state index contributed by atoms with van der Waals surface area (Å²) in [6.07, 6.45) is 1.86. The van der Waals surface area contributed by atoms with Crippen LogP contribution in [0.2, 0.25) is 0 Å². The number of hydrogen-bond donors (Lipinski definition) is 1. The molecule has 1 N–H and O–H groups in total. The molecule has 4 aromatic heterocycles. The number of nitriles is 1. The zero-order chi connectivity index (χ0) is 34.8. The van der Waals surface area contributed by atoms with Crippen LogP contribution in [0, 0.1) is 30.6 Å². The van der Waals surface area contributed by atoms with E-state index in [0.29, 0.717) is 40.3 Å². The number of carbonyl (C=O) groups is 1. The summed E-state index contributed by atoms with van der Waals surface area (Å²) >= 11 is 0. The quantitative estimate of drug-likeness (QED) is 0.299. The van der Waals surface area contributed by atoms with Crippen LogP contribution in [-0.2, 0) is 27.5 Å². The second-order valence-electron chi connectivity index (χ2n) is 12.9. The van der Waals surface area contributed by atoms with Crippen molar-refractivity contribution in [3.8, 4) is 6.07 Å². The lowest BCUT2D eigenvalue weighted by Crippen LogP contribution is -2.45. The van der Waals surface area contributed by atoms with Crippen LogP contribution in [0.15, 0.2) is 41.7 Å². The molecule has 2 aliphatic heterocycles. The molecule has 6 rings (SSSR count). The minimum atomic E-state index is -4.75. The van der Waals surface area contributed by atoms with Crippen LogP contribution in [0.25, 0.3) is 5.65 Å². The van der Waals surface area contributed by atoms with Crippen molar-refractivity contribution in [1.29, 1.82) is 5.26 Å². The number of fused-ring (bicyclic) bond motifs is 4. The first kappa shape index (κ1) is 33.3. The summed E-state index contributed by atoms with van der Waals surface area (Å²) in [7, 11) is -4.15. The molecule has 1 fully saturated rings. The molecule has 252 valence electrons. The normalized spacial score (nSPS) is 18.9. The van der Waals surface area contributed by atoms with Gasteiger partial charge in [0, 0.05) is 55.9 Å². The van der Waals surface area contributed by atoms with Gasteiger partial charge in [-0.1, -0.05) is 6.07 Å². The highest BCUT2D eigenvalue weighted by Gasteiger charge is 2.43. The van der Waals surface area contributed by atoms with Gasteiger partial charge in [0.25, 0.3) is 0 Å². The number of aromatic nitrogens is 5. The fourth-order valence-electron chi connectivity index (χ4n) is 6.81. The van der Waals surface area contributed by atoms with E-state index in [4.69, 9.17) is 0 Å². The summed E-state index contributed by atoms with van der Waals surface area (Å²) in [4.78, 5) is 23.6. The molecule has 1 saturated heterocycles. The Morgan fingerprint density at radius 2 is 1.90 bits per heavy atom. The van der Waals surface area contributed by atoms with Crippen LogP contribution in [0.1, 0.15) is 78.4 Å². The molecule has 0 spiro atoms. The third kappa shape index (κ3) is 5.54. The molecule has 6 heterocycles. The fourth-order valence-corrected chi connectivity index (χ4v) is 8.44. The molecule has 48 heavy (non-hydrogen) atoms. The molecule has 2 atom stereocenters. The molecule has 16 heteroatoms. The zero-order valence-electron chi connectivity index (χ0n) is 26.7. The Kier molecular flexibility index (Phi) is 8.19. The number of rotatable bonds is 6. The summed E-state index contributed by atoms with van der Waals surface area (Å²) in [6, 6.07) is 6.33. The van der Waals surface area contributed by atoms with Crippen LogP contribution in [0.4, 0.5) is 19.0 Å². The van der Waals surface area contributed by atoms with Gasteiger partial charge >= 0.3 is 12.1 Å². The van der Waals surface area contributed by atoms with Gasteiger partial charge in [0.1, 0.15) is 16.8 Å². The summed E-state index contributed by atoms with van der Waals surface area (Å²) in [6.45, 7) is 7.02. The van der Waals surface area contributed by atoms with E-state index in [1.54, 1.807) is 19.9 Å². The van der Waals surface area contributed by atoms with Crippen LogP contribution in [-0.4, -0.2) is 67.5 Å². The van der Waals surface area contributed by atoms with Gasteiger partial charge in [-0.3, -0.25) is 14.2 Å². The molecule has 2 aliphatic rings. The Labute approximate surface area is 274 Å². The second kappa shape index (κ2) is 11.8. The lowest BCUT2D eigenvalue weighted by Gasteiger charge is -2.36. The highest BCUT2D eigenvalue weighted by molar-refractivity contribution is 7.89. The molecule has 0 aromatic carbocycles. The number of piperidine rings is 1. The highest BCUT2D eigenvalue weighted by Crippen LogP contribution is 2.44. The van der Waals surface area contributed by atoms with Gasteiger partial charge < -0.3 is 10.0 Å². The van der Waals surface area contributed by atoms with E-state index in [9.17, 15) is 36.8 Å². The van der Waals surface area contributed by atoms with Gasteiger partial charge in [-0.2, -0.15) is 22.7 Å². The van der Waals surface area contributed by atoms with Crippen molar-refractivity contribution in [1.82, 2.24) is 28.9 Å². The van der Waals surface area contributed by atoms with E-state index in [0.717, 1.165) is 23.7 Å². The number of halogens is 3. The summed E-state index contributed by atoms with van der Waals surface area (Å²) < 4.78 is 71.4. The SMILES string of the molecule is Cc1ncc([C@H](c2ccn3c(C(F)(F)F)nnc3c2C)C(C)(C)C(=O)O)cc1CN1C[C@H]2CCCCN2c2ncc(C#N)cc2S1(=O)=O. The largest absolute Gasteiger partial charge is 0.481 e. The second-order valence-corrected chi connectivity index (χ2v) is 14.8. The fraction of sp³-hybridized carbons (Fsp3) is 0.438. The first-order chi connectivity index (χ1) is 22.5. The van der Waals surface area contributed by atoms with Gasteiger partial charge in [-0.05, 0) is 81.3 Å². The van der Waals surface area contributed by atoms with Crippen molar-refractivity contribution in [2.75, 3.05) is 18.0 Å². The first-order valence-electron chi connectivity index (χ1n) is 15.3. The molecular formula is C32H33F3N8O4S. The third-order valence-corrected chi connectivity index (χ3v) is 11.3. The molecule has 0 saturated carbocycles. The van der Waals surface area contributed by atoms with Crippen molar-refractivity contribution in [3.63, 3.8) is 0 Å². The molecule has 0 radical (unpaired) electrons. The maximum absolute atomic E-state index is 14.2. The van der Waals surface area contributed by atoms with Gasteiger partial charge in [-0.15, -0.1) is 10.2 Å². The van der Waals surface area contributed by atoms with Gasteiger partial charge in [0.2, 0.25) is 15.8 Å². The van der Waals surface area contributed by atoms with E-state index in [2.05, 4.69) is 20.2 Å². The molecular weight excluding hydrogens is 649 g/mol. The first-order valence-corrected chi connectivity index (χ1v) is 16.8. The van der Waals surface area contributed by atoms with Crippen LogP contribution >= 0.6 is 0 Å². The summed E-state index contributed by atoms with van der Waals surface area (Å²) in [5, 5.41) is 27.0. The minimum absolute atomic E-state index is 0.0481. The Bertz CT molecular complexity index is 2090. The van der Waals surface area contributed by atoms with Gasteiger partial charge in [0.05, 0.1) is 11.0 Å². The van der Waals surface area contributed by atoms with Gasteiger partial charge in [-0.25, -0.2) is 13.4 Å². The maximum atomic E-state index is 14.2. The number of aliphatic carboxylic acids is 1. The standard InChI is InChI=1S/C32H33F3N8O4S/c1-18-24(8-10-43-27(18)39-40-29(43)32(33,34)35)26(31(3,4)30(44)45)21-12-22(19(2)37-15-21)16-41-17-23-7-5-6-9-42(23)28-25(48(41,46)47)11-20(13-36)14-38-28/h8,10-12,14-15,23,26H,5-7,9,16-17H2,1-4H3,(H,44,45)/t23-,26-/m1/s1. The average molecular weight is 683 g/mol. The molecule has 0 amide bonds. The summed E-state index contributed by atoms with van der Waals surface area (Å²) in [5.74, 6) is -2.96. The monoisotopic (exact) mass is 682 g/mol. The van der Waals surface area contributed by atoms with Crippen LogP contribution < -0.4 is 4.90 Å². The predicted molar refractivity (Wildman–Crippen MR) is 166 cm³/mol. The number of aryl methyl sites for hydroxylation is 2. The van der Waals surface area contributed by atoms with Crippen molar-refractivity contribution in [2.45, 2.75) is 76.5 Å². The number of sulfonamides is 1. The number of anilines is 1. The smallest absolute Gasteiger partial charge is 0.452 e. The van der Waals surface area contributed by atoms with E-state index < -0.39 is 39.3 Å². The van der Waals surface area contributed by atoms with Crippen LogP contribution in [0.3, 0.4) is 0 Å². The molecule has 0 unspecified atom stereocenters. The minimum Gasteiger partial charge on any atom is -0.481 e. The number of hydrogen-bond acceptors (Lipinski definition) is 9. The Morgan fingerprint density at radius 1 is 1.15 bits per heavy atom. The average Bonchev–Trinajstić information content (AvgIpc) is 3.46. The Hall–Kier alpha value is -4.62. The van der Waals surface area contributed by atoms with E-state index >= 15 is 0 Å². The summed E-state index contributed by atoms with van der Waals surface area (Å²) in [5.41, 5.74) is 0.777. The van der Waals surface area contributed by atoms with Crippen molar-refractivity contribution < 1.29 is 31.5 Å². The Morgan fingerprint density at radius 3 is 2.58 bits per heavy atom. The van der Waals surface area contributed by atoms with E-state index in [-0.39, 0.29) is 35.2 Å². The van der Waals surface area contributed by atoms with E-state index in [1.165, 1.54) is 48.9 Å². The van der Waals surface area contributed by atoms with Crippen molar-refractivity contribution in [2.24, 2.45) is 5.41 Å². The number of pyridine rings is 3. The zero-order valence-corrected chi connectivity index (χ0v) is 27.5. The number of carboxylic acids is 1. The third-order valence-electron chi connectivity index (χ3n) is 9.49. The molecule has 0 aliphatic carbocycles. The van der Waals surface area contributed by atoms with E-state index in [1.807, 2.05) is 11.0 Å². The van der Waals surface area contributed by atoms with Crippen molar-refractivity contribution in [3.05, 3.63) is 76.1 Å². The number of alkyl halides is 3. The predicted octanol–water partition coefficient (Wildman–Crippen LogP) is 4.83. The highest BCUT2D eigenvalue weighted by atomic mass is 32.2.